The predicted octanol–water partition coefficient (Wildman–Crippen LogP) is 4.38. The van der Waals surface area contributed by atoms with E-state index in [1.54, 1.807) is 36.4 Å². The second-order valence-corrected chi connectivity index (χ2v) is 8.43. The van der Waals surface area contributed by atoms with Crippen molar-refractivity contribution in [1.29, 1.82) is 0 Å². The molecule has 0 spiro atoms. The van der Waals surface area contributed by atoms with Gasteiger partial charge in [0.05, 0.1) is 16.0 Å². The molecule has 4 aromatic rings. The van der Waals surface area contributed by atoms with Crippen molar-refractivity contribution < 1.29 is 22.2 Å². The van der Waals surface area contributed by atoms with E-state index in [-0.39, 0.29) is 27.8 Å². The van der Waals surface area contributed by atoms with E-state index in [1.165, 1.54) is 42.6 Å². The highest BCUT2D eigenvalue weighted by Crippen LogP contribution is 2.32. The van der Waals surface area contributed by atoms with Crippen LogP contribution in [-0.4, -0.2) is 8.42 Å². The van der Waals surface area contributed by atoms with E-state index in [1.807, 2.05) is 0 Å². The molecule has 0 aliphatic rings. The zero-order valence-electron chi connectivity index (χ0n) is 15.2. The number of benzene rings is 3. The van der Waals surface area contributed by atoms with Crippen molar-refractivity contribution >= 4 is 26.4 Å². The van der Waals surface area contributed by atoms with E-state index in [2.05, 4.69) is 10.3 Å². The lowest BCUT2D eigenvalue weighted by atomic mass is 10.1. The van der Waals surface area contributed by atoms with Gasteiger partial charge in [-0.2, -0.15) is 0 Å². The Kier molecular flexibility index (Phi) is 4.98. The highest BCUT2D eigenvalue weighted by molar-refractivity contribution is 7.91. The van der Waals surface area contributed by atoms with Gasteiger partial charge in [-0.05, 0) is 42.0 Å². The first-order chi connectivity index (χ1) is 13.9. The van der Waals surface area contributed by atoms with Crippen LogP contribution in [0.4, 0.5) is 14.5 Å². The Morgan fingerprint density at radius 1 is 0.862 bits per heavy atom. The number of fused-ring (bicyclic) bond motifs is 1. The molecular weight excluding hydrogens is 394 g/mol. The summed E-state index contributed by atoms with van der Waals surface area (Å²) in [4.78, 5) is 3.07. The summed E-state index contributed by atoms with van der Waals surface area (Å²) in [7, 11) is -3.86. The Morgan fingerprint density at radius 3 is 2.28 bits per heavy atom. The zero-order valence-corrected chi connectivity index (χ0v) is 16.0. The van der Waals surface area contributed by atoms with E-state index in [9.17, 15) is 17.2 Å². The summed E-state index contributed by atoms with van der Waals surface area (Å²) >= 11 is 0. The number of hydrogen-bond acceptors (Lipinski definition) is 3. The molecule has 0 unspecified atom stereocenters. The summed E-state index contributed by atoms with van der Waals surface area (Å²) in [5.74, 6) is -0.840. The summed E-state index contributed by atoms with van der Waals surface area (Å²) < 4.78 is 53.6. The van der Waals surface area contributed by atoms with Gasteiger partial charge < -0.3 is 5.32 Å². The first-order valence-electron chi connectivity index (χ1n) is 8.87. The van der Waals surface area contributed by atoms with Crippen LogP contribution in [0.1, 0.15) is 5.56 Å². The van der Waals surface area contributed by atoms with Crippen LogP contribution in [0.2, 0.25) is 0 Å². The number of hydrogen-bond donors (Lipinski definition) is 1. The zero-order chi connectivity index (χ0) is 20.4. The number of nitrogens with one attached hydrogen (secondary N) is 2. The summed E-state index contributed by atoms with van der Waals surface area (Å²) in [5.41, 5.74) is 1.62. The van der Waals surface area contributed by atoms with E-state index in [0.717, 1.165) is 5.56 Å². The average Bonchev–Trinajstić information content (AvgIpc) is 2.73. The van der Waals surface area contributed by atoms with Crippen molar-refractivity contribution in [1.82, 2.24) is 0 Å². The maximum atomic E-state index is 13.9. The standard InChI is InChI=1S/C22H16F2N2O2S/c23-16-8-6-15(7-9-16)13-26-22-19-12-17(24)10-11-20(19)25-14-21(22)29(27,28)18-4-2-1-3-5-18/h1-12,14H,13H2,(H,25,26)/p+1. The van der Waals surface area contributed by atoms with Gasteiger partial charge in [0.2, 0.25) is 15.4 Å². The van der Waals surface area contributed by atoms with Crippen LogP contribution in [-0.2, 0) is 16.4 Å². The number of H-pyrrole nitrogens is 1. The number of pyridine rings is 1. The molecule has 4 rings (SSSR count). The fourth-order valence-corrected chi connectivity index (χ4v) is 4.55. The molecule has 0 atom stereocenters. The van der Waals surface area contributed by atoms with Crippen LogP contribution in [0.25, 0.3) is 10.9 Å². The number of rotatable bonds is 5. The number of aromatic amines is 1. The molecule has 0 aliphatic carbocycles. The Morgan fingerprint density at radius 2 is 1.55 bits per heavy atom. The van der Waals surface area contributed by atoms with Gasteiger partial charge in [-0.3, -0.25) is 0 Å². The fraction of sp³-hybridized carbons (Fsp3) is 0.0455. The van der Waals surface area contributed by atoms with Crippen LogP contribution in [0.3, 0.4) is 0 Å². The first kappa shape index (κ1) is 19.0. The van der Waals surface area contributed by atoms with Crippen molar-refractivity contribution in [2.45, 2.75) is 16.3 Å². The van der Waals surface area contributed by atoms with Gasteiger partial charge in [0.25, 0.3) is 0 Å². The van der Waals surface area contributed by atoms with Gasteiger partial charge in [0.1, 0.15) is 11.6 Å². The third-order valence-corrected chi connectivity index (χ3v) is 6.38. The van der Waals surface area contributed by atoms with Gasteiger partial charge in [-0.25, -0.2) is 22.2 Å². The quantitative estimate of drug-likeness (QED) is 0.530. The summed E-state index contributed by atoms with van der Waals surface area (Å²) in [6.45, 7) is 0.243. The monoisotopic (exact) mass is 411 g/mol. The summed E-state index contributed by atoms with van der Waals surface area (Å²) in [6, 6.07) is 18.0. The second kappa shape index (κ2) is 7.60. The molecule has 3 aromatic carbocycles. The van der Waals surface area contributed by atoms with Crippen LogP contribution >= 0.6 is 0 Å². The molecule has 0 saturated heterocycles. The number of sulfone groups is 1. The van der Waals surface area contributed by atoms with Gasteiger partial charge >= 0.3 is 0 Å². The van der Waals surface area contributed by atoms with E-state index >= 15 is 0 Å². The third-order valence-electron chi connectivity index (χ3n) is 4.58. The van der Waals surface area contributed by atoms with Gasteiger partial charge in [-0.1, -0.05) is 30.3 Å². The van der Waals surface area contributed by atoms with Crippen molar-refractivity contribution in [2.75, 3.05) is 5.32 Å². The maximum Gasteiger partial charge on any atom is 0.214 e. The molecule has 4 nitrogen and oxygen atoms in total. The molecule has 1 heterocycles. The van der Waals surface area contributed by atoms with Crippen LogP contribution in [0.5, 0.6) is 0 Å². The molecule has 1 aromatic heterocycles. The van der Waals surface area contributed by atoms with Crippen LogP contribution in [0.15, 0.2) is 88.8 Å². The molecule has 0 saturated carbocycles. The molecule has 7 heteroatoms. The Labute approximate surface area is 166 Å². The molecule has 0 bridgehead atoms. The lowest BCUT2D eigenvalue weighted by Gasteiger charge is -2.13. The lowest BCUT2D eigenvalue weighted by Crippen LogP contribution is -2.15. The van der Waals surface area contributed by atoms with E-state index < -0.39 is 15.7 Å². The molecule has 2 N–H and O–H groups in total. The molecule has 0 aliphatic heterocycles. The fourth-order valence-electron chi connectivity index (χ4n) is 3.11. The highest BCUT2D eigenvalue weighted by atomic mass is 32.2. The highest BCUT2D eigenvalue weighted by Gasteiger charge is 2.26. The van der Waals surface area contributed by atoms with Crippen molar-refractivity contribution in [3.8, 4) is 0 Å². The minimum absolute atomic E-state index is 0.00362. The first-order valence-corrected chi connectivity index (χ1v) is 10.4. The van der Waals surface area contributed by atoms with Gasteiger partial charge in [-0.15, -0.1) is 0 Å². The molecule has 146 valence electrons. The van der Waals surface area contributed by atoms with Gasteiger partial charge in [0.15, 0.2) is 11.1 Å². The Balaban J connectivity index is 1.85. The largest absolute Gasteiger partial charge is 0.379 e. The lowest BCUT2D eigenvalue weighted by molar-refractivity contribution is -0.347. The van der Waals surface area contributed by atoms with Crippen molar-refractivity contribution in [3.05, 3.63) is 96.2 Å². The van der Waals surface area contributed by atoms with Crippen molar-refractivity contribution in [2.24, 2.45) is 0 Å². The maximum absolute atomic E-state index is 13.9. The van der Waals surface area contributed by atoms with Gasteiger partial charge in [0, 0.05) is 12.6 Å². The topological polar surface area (TPSA) is 60.3 Å². The molecular formula is C22H17F2N2O2S+. The molecule has 0 fully saturated rings. The molecule has 29 heavy (non-hydrogen) atoms. The summed E-state index contributed by atoms with van der Waals surface area (Å²) in [6.07, 6.45) is 1.40. The number of anilines is 1. The smallest absolute Gasteiger partial charge is 0.214 e. The SMILES string of the molecule is O=S(=O)(c1ccccc1)c1c[nH+]c2ccc(F)cc2c1NCc1ccc(F)cc1. The van der Waals surface area contributed by atoms with Crippen LogP contribution in [0, 0.1) is 11.6 Å². The predicted molar refractivity (Wildman–Crippen MR) is 106 cm³/mol. The minimum Gasteiger partial charge on any atom is -0.379 e. The third kappa shape index (κ3) is 3.82. The normalized spacial score (nSPS) is 11.5. The van der Waals surface area contributed by atoms with Crippen molar-refractivity contribution in [3.63, 3.8) is 0 Å². The average molecular weight is 411 g/mol. The van der Waals surface area contributed by atoms with E-state index in [0.29, 0.717) is 10.9 Å². The Hall–Kier alpha value is -3.32. The minimum atomic E-state index is -3.86. The molecule has 0 amide bonds. The number of aromatic nitrogens is 1. The Bertz CT molecular complexity index is 1280. The summed E-state index contributed by atoms with van der Waals surface area (Å²) in [5, 5.41) is 3.51. The second-order valence-electron chi connectivity index (χ2n) is 6.51. The number of halogens is 2. The van der Waals surface area contributed by atoms with Crippen LogP contribution < -0.4 is 10.3 Å². The molecule has 0 radical (unpaired) electrons. The van der Waals surface area contributed by atoms with E-state index in [4.69, 9.17) is 0 Å².